The smallest absolute Gasteiger partial charge is 0.0943 e. The molecule has 0 radical (unpaired) electrons. The first-order chi connectivity index (χ1) is 9.01. The molecule has 0 saturated carbocycles. The van der Waals surface area contributed by atoms with E-state index in [0.29, 0.717) is 0 Å². The van der Waals surface area contributed by atoms with E-state index in [-0.39, 0.29) is 6.04 Å². The van der Waals surface area contributed by atoms with Crippen molar-refractivity contribution in [2.75, 3.05) is 0 Å². The number of aryl methyl sites for hydroxylation is 3. The topological polar surface area (TPSA) is 56.7 Å². The van der Waals surface area contributed by atoms with E-state index in [9.17, 15) is 0 Å². The lowest BCUT2D eigenvalue weighted by Gasteiger charge is -2.10. The highest BCUT2D eigenvalue weighted by atomic mass is 79.9. The molecule has 0 aliphatic carbocycles. The molecule has 2 aromatic rings. The van der Waals surface area contributed by atoms with Crippen LogP contribution in [0.25, 0.3) is 0 Å². The molecule has 2 rings (SSSR count). The van der Waals surface area contributed by atoms with Gasteiger partial charge in [-0.2, -0.15) is 5.10 Å². The number of hydrogen-bond acceptors (Lipinski definition) is 4. The molecule has 2 N–H and O–H groups in total. The SMILES string of the molecule is CCc1nn(C)c(CC(N)Cc2nc(C)cs2)c1Br. The first-order valence-electron chi connectivity index (χ1n) is 6.38. The van der Waals surface area contributed by atoms with Gasteiger partial charge in [-0.15, -0.1) is 11.3 Å². The summed E-state index contributed by atoms with van der Waals surface area (Å²) in [5, 5.41) is 7.67. The summed E-state index contributed by atoms with van der Waals surface area (Å²) in [6.07, 6.45) is 2.55. The third-order valence-electron chi connectivity index (χ3n) is 3.06. The molecule has 0 saturated heterocycles. The average molecular weight is 343 g/mol. The maximum Gasteiger partial charge on any atom is 0.0943 e. The Kier molecular flexibility index (Phi) is 4.76. The van der Waals surface area contributed by atoms with Crippen LogP contribution in [-0.4, -0.2) is 20.8 Å². The van der Waals surface area contributed by atoms with E-state index in [2.05, 4.69) is 38.3 Å². The highest BCUT2D eigenvalue weighted by molar-refractivity contribution is 9.10. The normalized spacial score (nSPS) is 12.9. The van der Waals surface area contributed by atoms with Gasteiger partial charge in [0.2, 0.25) is 0 Å². The van der Waals surface area contributed by atoms with Crippen LogP contribution in [0.15, 0.2) is 9.85 Å². The molecule has 1 unspecified atom stereocenters. The van der Waals surface area contributed by atoms with Gasteiger partial charge in [0, 0.05) is 37.0 Å². The molecule has 6 heteroatoms. The van der Waals surface area contributed by atoms with Crippen molar-refractivity contribution in [3.05, 3.63) is 31.9 Å². The van der Waals surface area contributed by atoms with Gasteiger partial charge in [-0.1, -0.05) is 6.92 Å². The lowest BCUT2D eigenvalue weighted by Crippen LogP contribution is -2.26. The summed E-state index contributed by atoms with van der Waals surface area (Å²) in [5.74, 6) is 0. The van der Waals surface area contributed by atoms with Gasteiger partial charge in [0.25, 0.3) is 0 Å². The molecule has 0 aliphatic rings. The molecule has 0 spiro atoms. The van der Waals surface area contributed by atoms with Crippen LogP contribution in [0.2, 0.25) is 0 Å². The average Bonchev–Trinajstić information content (AvgIpc) is 2.87. The van der Waals surface area contributed by atoms with Crippen molar-refractivity contribution in [3.8, 4) is 0 Å². The van der Waals surface area contributed by atoms with Crippen LogP contribution < -0.4 is 5.73 Å². The van der Waals surface area contributed by atoms with Crippen LogP contribution in [0.4, 0.5) is 0 Å². The van der Waals surface area contributed by atoms with Gasteiger partial charge in [0.05, 0.1) is 20.9 Å². The van der Waals surface area contributed by atoms with E-state index < -0.39 is 0 Å². The summed E-state index contributed by atoms with van der Waals surface area (Å²) >= 11 is 5.31. The Morgan fingerprint density at radius 3 is 2.74 bits per heavy atom. The van der Waals surface area contributed by atoms with Gasteiger partial charge in [-0.25, -0.2) is 4.98 Å². The Morgan fingerprint density at radius 2 is 2.21 bits per heavy atom. The minimum absolute atomic E-state index is 0.0713. The molecule has 0 aliphatic heterocycles. The lowest BCUT2D eigenvalue weighted by molar-refractivity contribution is 0.609. The molecule has 0 fully saturated rings. The highest BCUT2D eigenvalue weighted by Gasteiger charge is 2.16. The number of rotatable bonds is 5. The molecule has 0 aromatic carbocycles. The van der Waals surface area contributed by atoms with Gasteiger partial charge in [-0.3, -0.25) is 4.68 Å². The largest absolute Gasteiger partial charge is 0.327 e. The molecular formula is C13H19BrN4S. The van der Waals surface area contributed by atoms with E-state index >= 15 is 0 Å². The van der Waals surface area contributed by atoms with Crippen molar-refractivity contribution in [2.24, 2.45) is 12.8 Å². The number of halogens is 1. The van der Waals surface area contributed by atoms with Crippen molar-refractivity contribution in [1.82, 2.24) is 14.8 Å². The molecule has 1 atom stereocenters. The second-order valence-corrected chi connectivity index (χ2v) is 6.47. The molecule has 0 bridgehead atoms. The van der Waals surface area contributed by atoms with Gasteiger partial charge < -0.3 is 5.73 Å². The van der Waals surface area contributed by atoms with Crippen LogP contribution in [0.5, 0.6) is 0 Å². The molecule has 0 amide bonds. The van der Waals surface area contributed by atoms with Gasteiger partial charge in [0.1, 0.15) is 0 Å². The number of nitrogens with zero attached hydrogens (tertiary/aromatic N) is 3. The fourth-order valence-corrected chi connectivity index (χ4v) is 3.73. The standard InChI is InChI=1S/C13H19BrN4S/c1-4-10-13(14)11(18(3)17-10)5-9(15)6-12-16-8(2)7-19-12/h7,9H,4-6,15H2,1-3H3. The fraction of sp³-hybridized carbons (Fsp3) is 0.538. The molecule has 19 heavy (non-hydrogen) atoms. The van der Waals surface area contributed by atoms with E-state index in [1.807, 2.05) is 18.7 Å². The summed E-state index contributed by atoms with van der Waals surface area (Å²) in [4.78, 5) is 4.46. The summed E-state index contributed by atoms with van der Waals surface area (Å²) < 4.78 is 3.03. The third kappa shape index (κ3) is 3.43. The highest BCUT2D eigenvalue weighted by Crippen LogP contribution is 2.23. The number of hydrogen-bond donors (Lipinski definition) is 1. The third-order valence-corrected chi connectivity index (χ3v) is 4.97. The fourth-order valence-electron chi connectivity index (χ4n) is 2.08. The van der Waals surface area contributed by atoms with E-state index in [0.717, 1.165) is 45.8 Å². The maximum absolute atomic E-state index is 6.24. The summed E-state index contributed by atoms with van der Waals surface area (Å²) in [7, 11) is 1.97. The zero-order valence-corrected chi connectivity index (χ0v) is 13.9. The minimum Gasteiger partial charge on any atom is -0.327 e. The van der Waals surface area contributed by atoms with E-state index in [1.54, 1.807) is 11.3 Å². The van der Waals surface area contributed by atoms with Crippen molar-refractivity contribution in [1.29, 1.82) is 0 Å². The van der Waals surface area contributed by atoms with Crippen LogP contribution in [0.3, 0.4) is 0 Å². The van der Waals surface area contributed by atoms with Crippen LogP contribution in [-0.2, 0) is 26.3 Å². The van der Waals surface area contributed by atoms with Crippen molar-refractivity contribution in [3.63, 3.8) is 0 Å². The quantitative estimate of drug-likeness (QED) is 0.908. The second-order valence-electron chi connectivity index (χ2n) is 4.74. The van der Waals surface area contributed by atoms with Crippen molar-refractivity contribution in [2.45, 2.75) is 39.2 Å². The Hall–Kier alpha value is -0.720. The summed E-state index contributed by atoms with van der Waals surface area (Å²) in [5.41, 5.74) is 9.57. The lowest BCUT2D eigenvalue weighted by atomic mass is 10.1. The first kappa shape index (κ1) is 14.7. The predicted molar refractivity (Wildman–Crippen MR) is 82.5 cm³/mol. The molecule has 2 heterocycles. The van der Waals surface area contributed by atoms with Crippen LogP contribution in [0.1, 0.15) is 29.0 Å². The molecule has 2 aromatic heterocycles. The van der Waals surface area contributed by atoms with Crippen molar-refractivity contribution < 1.29 is 0 Å². The Morgan fingerprint density at radius 1 is 1.47 bits per heavy atom. The molecule has 104 valence electrons. The Balaban J connectivity index is 2.06. The number of nitrogens with two attached hydrogens (primary N) is 1. The number of thiazole rings is 1. The first-order valence-corrected chi connectivity index (χ1v) is 8.05. The zero-order valence-electron chi connectivity index (χ0n) is 11.5. The van der Waals surface area contributed by atoms with Gasteiger partial charge in [0.15, 0.2) is 0 Å². The van der Waals surface area contributed by atoms with Gasteiger partial charge >= 0.3 is 0 Å². The maximum atomic E-state index is 6.24. The second kappa shape index (κ2) is 6.15. The van der Waals surface area contributed by atoms with Crippen LogP contribution >= 0.6 is 27.3 Å². The summed E-state index contributed by atoms with van der Waals surface area (Å²) in [6, 6.07) is 0.0713. The Bertz CT molecular complexity index is 561. The van der Waals surface area contributed by atoms with Crippen molar-refractivity contribution >= 4 is 27.3 Å². The monoisotopic (exact) mass is 342 g/mol. The zero-order chi connectivity index (χ0) is 14.0. The number of aromatic nitrogens is 3. The predicted octanol–water partition coefficient (Wildman–Crippen LogP) is 2.62. The Labute approximate surface area is 126 Å². The van der Waals surface area contributed by atoms with Crippen LogP contribution in [0, 0.1) is 6.92 Å². The molecule has 4 nitrogen and oxygen atoms in total. The summed E-state index contributed by atoms with van der Waals surface area (Å²) in [6.45, 7) is 4.12. The van der Waals surface area contributed by atoms with Gasteiger partial charge in [-0.05, 0) is 29.3 Å². The molecular weight excluding hydrogens is 324 g/mol. The van der Waals surface area contributed by atoms with E-state index in [4.69, 9.17) is 5.73 Å². The van der Waals surface area contributed by atoms with E-state index in [1.165, 1.54) is 0 Å². The minimum atomic E-state index is 0.0713.